The summed E-state index contributed by atoms with van der Waals surface area (Å²) in [6.45, 7) is 7.27. The highest BCUT2D eigenvalue weighted by Gasteiger charge is 2.54. The Morgan fingerprint density at radius 1 is 1.52 bits per heavy atom. The number of likely N-dealkylation sites (tertiary alicyclic amines) is 2. The fourth-order valence-corrected chi connectivity index (χ4v) is 3.75. The molecule has 1 N–H and O–H groups in total. The quantitative estimate of drug-likeness (QED) is 0.831. The lowest BCUT2D eigenvalue weighted by atomic mass is 9.73. The number of aliphatic hydroxyl groups excluding tert-OH is 1. The van der Waals surface area contributed by atoms with Crippen molar-refractivity contribution in [3.8, 4) is 0 Å². The van der Waals surface area contributed by atoms with Crippen molar-refractivity contribution in [2.24, 2.45) is 5.92 Å². The molecule has 0 radical (unpaired) electrons. The summed E-state index contributed by atoms with van der Waals surface area (Å²) in [7, 11) is 0. The first kappa shape index (κ1) is 14.5. The normalized spacial score (nSPS) is 29.7. The number of carbonyl (C=O) groups is 1. The standard InChI is InChI=1S/C14H22N4O3/c1-10-15-13(21-16-10)14-8-17(5-6-19)7-12(14)3-4-18(9-14)11(2)20/h12,19H,3-9H2,1-2H3/t12-,14+/m0/s1. The second-order valence-electron chi connectivity index (χ2n) is 6.19. The van der Waals surface area contributed by atoms with Crippen LogP contribution in [0.2, 0.25) is 0 Å². The van der Waals surface area contributed by atoms with Crippen molar-refractivity contribution in [1.82, 2.24) is 19.9 Å². The topological polar surface area (TPSA) is 82.7 Å². The number of hydrogen-bond acceptors (Lipinski definition) is 6. The Balaban J connectivity index is 1.94. The summed E-state index contributed by atoms with van der Waals surface area (Å²) in [6.07, 6.45) is 0.933. The Bertz CT molecular complexity index is 532. The minimum atomic E-state index is -0.291. The van der Waals surface area contributed by atoms with Gasteiger partial charge in [0.05, 0.1) is 12.0 Å². The molecule has 2 saturated heterocycles. The Morgan fingerprint density at radius 3 is 2.95 bits per heavy atom. The summed E-state index contributed by atoms with van der Waals surface area (Å²) < 4.78 is 5.47. The third-order valence-electron chi connectivity index (χ3n) is 4.80. The molecule has 0 aromatic carbocycles. The molecule has 0 saturated carbocycles. The van der Waals surface area contributed by atoms with Gasteiger partial charge in [-0.1, -0.05) is 5.16 Å². The second-order valence-corrected chi connectivity index (χ2v) is 6.19. The van der Waals surface area contributed by atoms with E-state index >= 15 is 0 Å². The molecule has 3 rings (SSSR count). The summed E-state index contributed by atoms with van der Waals surface area (Å²) in [5.41, 5.74) is -0.291. The van der Waals surface area contributed by atoms with Gasteiger partial charge in [-0.05, 0) is 19.3 Å². The van der Waals surface area contributed by atoms with Gasteiger partial charge in [-0.2, -0.15) is 4.98 Å². The van der Waals surface area contributed by atoms with Gasteiger partial charge >= 0.3 is 0 Å². The molecule has 116 valence electrons. The number of aromatic nitrogens is 2. The zero-order chi connectivity index (χ0) is 15.0. The number of hydrogen-bond donors (Lipinski definition) is 1. The van der Waals surface area contributed by atoms with Crippen molar-refractivity contribution in [2.75, 3.05) is 39.3 Å². The average molecular weight is 294 g/mol. The molecule has 7 heteroatoms. The van der Waals surface area contributed by atoms with Crippen LogP contribution in [-0.4, -0.2) is 70.3 Å². The molecule has 2 aliphatic heterocycles. The zero-order valence-corrected chi connectivity index (χ0v) is 12.6. The highest BCUT2D eigenvalue weighted by molar-refractivity contribution is 5.73. The molecule has 0 bridgehead atoms. The van der Waals surface area contributed by atoms with E-state index in [1.165, 1.54) is 0 Å². The van der Waals surface area contributed by atoms with Crippen molar-refractivity contribution in [3.63, 3.8) is 0 Å². The van der Waals surface area contributed by atoms with Crippen LogP contribution in [0.4, 0.5) is 0 Å². The fraction of sp³-hybridized carbons (Fsp3) is 0.786. The zero-order valence-electron chi connectivity index (χ0n) is 12.6. The number of carbonyl (C=O) groups excluding carboxylic acids is 1. The van der Waals surface area contributed by atoms with Crippen LogP contribution >= 0.6 is 0 Å². The molecular weight excluding hydrogens is 272 g/mol. The molecule has 21 heavy (non-hydrogen) atoms. The van der Waals surface area contributed by atoms with Crippen LogP contribution in [0.25, 0.3) is 0 Å². The molecular formula is C14H22N4O3. The lowest BCUT2D eigenvalue weighted by Gasteiger charge is -2.41. The van der Waals surface area contributed by atoms with Crippen LogP contribution in [0.5, 0.6) is 0 Å². The van der Waals surface area contributed by atoms with Gasteiger partial charge in [0.1, 0.15) is 0 Å². The number of rotatable bonds is 3. The van der Waals surface area contributed by atoms with Gasteiger partial charge in [-0.25, -0.2) is 0 Å². The van der Waals surface area contributed by atoms with Crippen molar-refractivity contribution in [2.45, 2.75) is 25.7 Å². The van der Waals surface area contributed by atoms with Crippen molar-refractivity contribution < 1.29 is 14.4 Å². The van der Waals surface area contributed by atoms with E-state index in [2.05, 4.69) is 15.0 Å². The second kappa shape index (κ2) is 5.38. The summed E-state index contributed by atoms with van der Waals surface area (Å²) in [4.78, 5) is 20.3. The van der Waals surface area contributed by atoms with E-state index in [4.69, 9.17) is 4.52 Å². The van der Waals surface area contributed by atoms with E-state index in [0.29, 0.717) is 30.7 Å². The van der Waals surface area contributed by atoms with Gasteiger partial charge in [0.15, 0.2) is 5.82 Å². The largest absolute Gasteiger partial charge is 0.395 e. The highest BCUT2D eigenvalue weighted by Crippen LogP contribution is 2.43. The van der Waals surface area contributed by atoms with E-state index < -0.39 is 0 Å². The number of β-amino-alcohol motifs (C(OH)–C–C–N with tert-alkyl or cyclic N) is 1. The van der Waals surface area contributed by atoms with Gasteiger partial charge in [0, 0.05) is 39.6 Å². The first-order valence-electron chi connectivity index (χ1n) is 7.44. The number of nitrogens with zero attached hydrogens (tertiary/aromatic N) is 4. The molecule has 1 amide bonds. The van der Waals surface area contributed by atoms with Gasteiger partial charge in [-0.3, -0.25) is 9.69 Å². The molecule has 2 fully saturated rings. The van der Waals surface area contributed by atoms with Crippen LogP contribution in [0, 0.1) is 12.8 Å². The summed E-state index contributed by atoms with van der Waals surface area (Å²) in [6, 6.07) is 0. The Labute approximate surface area is 123 Å². The van der Waals surface area contributed by atoms with Gasteiger partial charge in [0.2, 0.25) is 11.8 Å². The third kappa shape index (κ3) is 2.44. The number of aliphatic hydroxyl groups is 1. The molecule has 2 aliphatic rings. The fourth-order valence-electron chi connectivity index (χ4n) is 3.75. The Morgan fingerprint density at radius 2 is 2.33 bits per heavy atom. The maximum Gasteiger partial charge on any atom is 0.236 e. The summed E-state index contributed by atoms with van der Waals surface area (Å²) in [5.74, 6) is 1.74. The van der Waals surface area contributed by atoms with Crippen LogP contribution in [0.1, 0.15) is 25.1 Å². The molecule has 0 aliphatic carbocycles. The van der Waals surface area contributed by atoms with Crippen molar-refractivity contribution in [1.29, 1.82) is 0 Å². The predicted molar refractivity (Wildman–Crippen MR) is 74.6 cm³/mol. The van der Waals surface area contributed by atoms with Crippen LogP contribution < -0.4 is 0 Å². The van der Waals surface area contributed by atoms with Crippen LogP contribution in [-0.2, 0) is 10.2 Å². The first-order valence-corrected chi connectivity index (χ1v) is 7.44. The number of piperidine rings is 1. The van der Waals surface area contributed by atoms with E-state index in [9.17, 15) is 9.90 Å². The Kier molecular flexibility index (Phi) is 3.71. The SMILES string of the molecule is CC(=O)N1CC[C@H]2CN(CCO)C[C@@]2(c2nc(C)no2)C1. The lowest BCUT2D eigenvalue weighted by Crippen LogP contribution is -2.53. The maximum atomic E-state index is 11.8. The van der Waals surface area contributed by atoms with Crippen LogP contribution in [0.3, 0.4) is 0 Å². The predicted octanol–water partition coefficient (Wildman–Crippen LogP) is -0.208. The summed E-state index contributed by atoms with van der Waals surface area (Å²) >= 11 is 0. The molecule has 3 heterocycles. The molecule has 2 atom stereocenters. The van der Waals surface area contributed by atoms with E-state index in [-0.39, 0.29) is 17.9 Å². The third-order valence-corrected chi connectivity index (χ3v) is 4.80. The number of aryl methyl sites for hydroxylation is 1. The molecule has 1 aromatic heterocycles. The van der Waals surface area contributed by atoms with E-state index in [0.717, 1.165) is 26.1 Å². The first-order chi connectivity index (χ1) is 10.0. The Hall–Kier alpha value is -1.47. The highest BCUT2D eigenvalue weighted by atomic mass is 16.5. The minimum absolute atomic E-state index is 0.0877. The molecule has 1 aromatic rings. The number of fused-ring (bicyclic) bond motifs is 1. The van der Waals surface area contributed by atoms with Crippen molar-refractivity contribution in [3.05, 3.63) is 11.7 Å². The van der Waals surface area contributed by atoms with Crippen molar-refractivity contribution >= 4 is 5.91 Å². The molecule has 0 unspecified atom stereocenters. The van der Waals surface area contributed by atoms with Gasteiger partial charge in [-0.15, -0.1) is 0 Å². The molecule has 0 spiro atoms. The smallest absolute Gasteiger partial charge is 0.236 e. The minimum Gasteiger partial charge on any atom is -0.395 e. The van der Waals surface area contributed by atoms with E-state index in [1.807, 2.05) is 11.8 Å². The summed E-state index contributed by atoms with van der Waals surface area (Å²) in [5, 5.41) is 13.1. The molecule has 7 nitrogen and oxygen atoms in total. The number of amides is 1. The lowest BCUT2D eigenvalue weighted by molar-refractivity contribution is -0.131. The van der Waals surface area contributed by atoms with Gasteiger partial charge in [0.25, 0.3) is 0 Å². The monoisotopic (exact) mass is 294 g/mol. The maximum absolute atomic E-state index is 11.8. The average Bonchev–Trinajstić information content (AvgIpc) is 3.02. The van der Waals surface area contributed by atoms with E-state index in [1.54, 1.807) is 6.92 Å². The van der Waals surface area contributed by atoms with Crippen LogP contribution in [0.15, 0.2) is 4.52 Å². The van der Waals surface area contributed by atoms with Gasteiger partial charge < -0.3 is 14.5 Å².